The number of carboxylic acid groups (broad SMARTS) is 1. The molecule has 0 aliphatic heterocycles. The van der Waals surface area contributed by atoms with Gasteiger partial charge in [0.2, 0.25) is 0 Å². The molecule has 0 aliphatic carbocycles. The number of hydrogen-bond donors (Lipinski definition) is 1. The minimum Gasteiger partial charge on any atom is -0.478 e. The molecular weight excluding hydrogens is 333 g/mol. The Morgan fingerprint density at radius 3 is 2.48 bits per heavy atom. The maximum Gasteiger partial charge on any atom is 0.416 e. The maximum atomic E-state index is 12.7. The van der Waals surface area contributed by atoms with Crippen molar-refractivity contribution in [3.8, 4) is 11.4 Å². The Morgan fingerprint density at radius 1 is 1.12 bits per heavy atom. The van der Waals surface area contributed by atoms with Crippen LogP contribution in [-0.4, -0.2) is 20.6 Å². The van der Waals surface area contributed by atoms with E-state index in [1.54, 1.807) is 35.2 Å². The van der Waals surface area contributed by atoms with Gasteiger partial charge in [0.25, 0.3) is 0 Å². The molecule has 0 unspecified atom stereocenters. The second kappa shape index (κ2) is 6.43. The first-order valence-corrected chi connectivity index (χ1v) is 7.35. The van der Waals surface area contributed by atoms with Crippen molar-refractivity contribution in [2.24, 2.45) is 0 Å². The van der Waals surface area contributed by atoms with Gasteiger partial charge in [-0.15, -0.1) is 0 Å². The van der Waals surface area contributed by atoms with E-state index in [9.17, 15) is 18.0 Å². The highest BCUT2D eigenvalue weighted by Crippen LogP contribution is 2.30. The van der Waals surface area contributed by atoms with E-state index in [1.807, 2.05) is 0 Å². The van der Waals surface area contributed by atoms with Crippen LogP contribution in [0.4, 0.5) is 13.2 Å². The molecule has 0 bridgehead atoms. The highest BCUT2D eigenvalue weighted by Gasteiger charge is 2.30. The molecule has 1 heterocycles. The van der Waals surface area contributed by atoms with Crippen molar-refractivity contribution in [1.29, 1.82) is 0 Å². The van der Waals surface area contributed by atoms with E-state index in [1.165, 1.54) is 18.2 Å². The number of aromatic carboxylic acids is 1. The summed E-state index contributed by atoms with van der Waals surface area (Å²) in [4.78, 5) is 15.2. The molecule has 128 valence electrons. The van der Waals surface area contributed by atoms with E-state index in [2.05, 4.69) is 4.98 Å². The Hall–Kier alpha value is -3.09. The number of rotatable bonds is 4. The summed E-state index contributed by atoms with van der Waals surface area (Å²) in [5.41, 5.74) is 0.760. The lowest BCUT2D eigenvalue weighted by Crippen LogP contribution is -2.05. The number of nitrogens with zero attached hydrogens (tertiary/aromatic N) is 2. The molecule has 0 spiro atoms. The standard InChI is InChI=1S/C18H13F3N2O2/c19-18(20,21)15-6-4-13(5-7-15)16-22-8-9-23(16)11-12-2-1-3-14(10-12)17(24)25/h1-10H,11H2,(H,24,25). The number of carbonyl (C=O) groups is 1. The van der Waals surface area contributed by atoms with Gasteiger partial charge in [-0.3, -0.25) is 0 Å². The second-order valence-electron chi connectivity index (χ2n) is 5.46. The molecule has 0 amide bonds. The number of hydrogen-bond acceptors (Lipinski definition) is 2. The number of carboxylic acids is 1. The molecule has 0 atom stereocenters. The Labute approximate surface area is 141 Å². The number of halogens is 3. The first-order chi connectivity index (χ1) is 11.8. The molecule has 1 N–H and O–H groups in total. The molecule has 0 saturated carbocycles. The number of imidazole rings is 1. The topological polar surface area (TPSA) is 55.1 Å². The maximum absolute atomic E-state index is 12.7. The van der Waals surface area contributed by atoms with Crippen molar-refractivity contribution in [3.63, 3.8) is 0 Å². The van der Waals surface area contributed by atoms with Crippen LogP contribution in [0.5, 0.6) is 0 Å². The van der Waals surface area contributed by atoms with Gasteiger partial charge in [-0.05, 0) is 29.8 Å². The predicted molar refractivity (Wildman–Crippen MR) is 85.2 cm³/mol. The van der Waals surface area contributed by atoms with E-state index in [4.69, 9.17) is 5.11 Å². The highest BCUT2D eigenvalue weighted by atomic mass is 19.4. The van der Waals surface area contributed by atoms with Gasteiger partial charge in [-0.2, -0.15) is 13.2 Å². The predicted octanol–water partition coefficient (Wildman–Crippen LogP) is 4.32. The summed E-state index contributed by atoms with van der Waals surface area (Å²) in [6.07, 6.45) is -1.14. The summed E-state index contributed by atoms with van der Waals surface area (Å²) < 4.78 is 39.7. The summed E-state index contributed by atoms with van der Waals surface area (Å²) >= 11 is 0. The van der Waals surface area contributed by atoms with Crippen molar-refractivity contribution >= 4 is 5.97 Å². The van der Waals surface area contributed by atoms with Gasteiger partial charge in [-0.25, -0.2) is 9.78 Å². The molecule has 0 aliphatic rings. The third-order valence-electron chi connectivity index (χ3n) is 3.71. The quantitative estimate of drug-likeness (QED) is 0.766. The molecule has 0 saturated heterocycles. The van der Waals surface area contributed by atoms with Crippen molar-refractivity contribution in [1.82, 2.24) is 9.55 Å². The van der Waals surface area contributed by atoms with E-state index in [0.717, 1.165) is 17.7 Å². The summed E-state index contributed by atoms with van der Waals surface area (Å²) in [5.74, 6) is -0.509. The van der Waals surface area contributed by atoms with Gasteiger partial charge >= 0.3 is 12.1 Å². The second-order valence-corrected chi connectivity index (χ2v) is 5.46. The molecule has 0 radical (unpaired) electrons. The summed E-state index contributed by atoms with van der Waals surface area (Å²) in [6, 6.07) is 11.2. The number of alkyl halides is 3. The van der Waals surface area contributed by atoms with Crippen LogP contribution in [0.2, 0.25) is 0 Å². The average molecular weight is 346 g/mol. The fourth-order valence-electron chi connectivity index (χ4n) is 2.50. The van der Waals surface area contributed by atoms with Crippen molar-refractivity contribution in [3.05, 3.63) is 77.6 Å². The van der Waals surface area contributed by atoms with Crippen molar-refractivity contribution in [2.45, 2.75) is 12.7 Å². The molecule has 3 rings (SSSR count). The molecule has 4 nitrogen and oxygen atoms in total. The van der Waals surface area contributed by atoms with Crippen LogP contribution >= 0.6 is 0 Å². The van der Waals surface area contributed by atoms with Crippen LogP contribution in [-0.2, 0) is 12.7 Å². The minimum absolute atomic E-state index is 0.175. The fraction of sp³-hybridized carbons (Fsp3) is 0.111. The highest BCUT2D eigenvalue weighted by molar-refractivity contribution is 5.87. The molecule has 7 heteroatoms. The molecule has 2 aromatic carbocycles. The fourth-order valence-corrected chi connectivity index (χ4v) is 2.50. The Kier molecular flexibility index (Phi) is 4.31. The lowest BCUT2D eigenvalue weighted by molar-refractivity contribution is -0.137. The van der Waals surface area contributed by atoms with E-state index < -0.39 is 17.7 Å². The third kappa shape index (κ3) is 3.71. The monoisotopic (exact) mass is 346 g/mol. The zero-order chi connectivity index (χ0) is 18.0. The van der Waals surface area contributed by atoms with Crippen LogP contribution in [0.1, 0.15) is 21.5 Å². The van der Waals surface area contributed by atoms with Crippen LogP contribution in [0.3, 0.4) is 0 Å². The first kappa shape index (κ1) is 16.8. The molecule has 0 fully saturated rings. The largest absolute Gasteiger partial charge is 0.478 e. The molecule has 3 aromatic rings. The van der Waals surface area contributed by atoms with E-state index >= 15 is 0 Å². The van der Waals surface area contributed by atoms with Crippen LogP contribution < -0.4 is 0 Å². The van der Waals surface area contributed by atoms with Gasteiger partial charge in [-0.1, -0.05) is 24.3 Å². The average Bonchev–Trinajstić information content (AvgIpc) is 3.02. The molecule has 25 heavy (non-hydrogen) atoms. The smallest absolute Gasteiger partial charge is 0.416 e. The normalized spacial score (nSPS) is 11.5. The van der Waals surface area contributed by atoms with E-state index in [-0.39, 0.29) is 5.56 Å². The first-order valence-electron chi connectivity index (χ1n) is 7.35. The van der Waals surface area contributed by atoms with E-state index in [0.29, 0.717) is 17.9 Å². The van der Waals surface area contributed by atoms with Crippen LogP contribution in [0, 0.1) is 0 Å². The summed E-state index contributed by atoms with van der Waals surface area (Å²) in [6.45, 7) is 0.359. The van der Waals surface area contributed by atoms with Gasteiger partial charge < -0.3 is 9.67 Å². The molecule has 1 aromatic heterocycles. The van der Waals surface area contributed by atoms with Gasteiger partial charge in [0.05, 0.1) is 11.1 Å². The Morgan fingerprint density at radius 2 is 1.84 bits per heavy atom. The van der Waals surface area contributed by atoms with Gasteiger partial charge in [0.15, 0.2) is 0 Å². The SMILES string of the molecule is O=C(O)c1cccc(Cn2ccnc2-c2ccc(C(F)(F)F)cc2)c1. The summed E-state index contributed by atoms with van der Waals surface area (Å²) in [5, 5.41) is 9.05. The number of aromatic nitrogens is 2. The Balaban J connectivity index is 1.88. The lowest BCUT2D eigenvalue weighted by Gasteiger charge is -2.10. The van der Waals surface area contributed by atoms with Gasteiger partial charge in [0.1, 0.15) is 5.82 Å². The Bertz CT molecular complexity index is 899. The van der Waals surface area contributed by atoms with Crippen LogP contribution in [0.25, 0.3) is 11.4 Å². The molecular formula is C18H13F3N2O2. The third-order valence-corrected chi connectivity index (χ3v) is 3.71. The van der Waals surface area contributed by atoms with Crippen molar-refractivity contribution in [2.75, 3.05) is 0 Å². The zero-order valence-corrected chi connectivity index (χ0v) is 12.9. The number of benzene rings is 2. The minimum atomic E-state index is -4.38. The lowest BCUT2D eigenvalue weighted by atomic mass is 10.1. The zero-order valence-electron chi connectivity index (χ0n) is 12.9. The summed E-state index contributed by atoms with van der Waals surface area (Å²) in [7, 11) is 0. The van der Waals surface area contributed by atoms with Gasteiger partial charge in [0, 0.05) is 24.5 Å². The van der Waals surface area contributed by atoms with Crippen LogP contribution in [0.15, 0.2) is 60.9 Å². The van der Waals surface area contributed by atoms with Crippen molar-refractivity contribution < 1.29 is 23.1 Å².